The number of aliphatic hydroxyl groups excluding tert-OH is 1. The SMILES string of the molecule is C#CCOc1cc(N2C(=O)c3ccc(C(C)(c4ccc5c(c4)C(=O)N(c4ccc(OC)c(OCC#C)c4)C5=O)C(F)(F)F)cc3C2=O)ccc1CO. The van der Waals surface area contributed by atoms with Gasteiger partial charge in [0.1, 0.15) is 24.4 Å². The first kappa shape index (κ1) is 35.3. The zero-order valence-electron chi connectivity index (χ0n) is 27.5. The van der Waals surface area contributed by atoms with Crippen LogP contribution in [0.5, 0.6) is 17.2 Å². The fourth-order valence-corrected chi connectivity index (χ4v) is 6.17. The summed E-state index contributed by atoms with van der Waals surface area (Å²) in [6, 6.07) is 14.9. The second-order valence-electron chi connectivity index (χ2n) is 11.8. The molecular formula is C39H27F3N2O8. The summed E-state index contributed by atoms with van der Waals surface area (Å²) in [5, 5.41) is 9.66. The van der Waals surface area contributed by atoms with Gasteiger partial charge < -0.3 is 19.3 Å². The number of terminal acetylenes is 2. The number of alkyl halides is 3. The molecule has 2 aliphatic rings. The molecule has 0 spiro atoms. The fraction of sp³-hybridized carbons (Fsp3) is 0.179. The highest BCUT2D eigenvalue weighted by Crippen LogP contribution is 2.48. The minimum absolute atomic E-state index is 0.0495. The maximum absolute atomic E-state index is 15.2. The Morgan fingerprint density at radius 2 is 1.12 bits per heavy atom. The number of hydrogen-bond acceptors (Lipinski definition) is 8. The van der Waals surface area contributed by atoms with Crippen molar-refractivity contribution in [3.8, 4) is 41.9 Å². The van der Waals surface area contributed by atoms with Crippen molar-refractivity contribution >= 4 is 35.0 Å². The zero-order chi connectivity index (χ0) is 37.5. The van der Waals surface area contributed by atoms with Gasteiger partial charge in [-0.25, -0.2) is 9.80 Å². The predicted octanol–water partition coefficient (Wildman–Crippen LogP) is 5.68. The number of fused-ring (bicyclic) bond motifs is 2. The number of methoxy groups -OCH3 is 1. The van der Waals surface area contributed by atoms with Gasteiger partial charge in [0.05, 0.1) is 47.3 Å². The minimum Gasteiger partial charge on any atom is -0.493 e. The average molecular weight is 709 g/mol. The van der Waals surface area contributed by atoms with Crippen LogP contribution >= 0.6 is 0 Å². The third kappa shape index (κ3) is 5.57. The highest BCUT2D eigenvalue weighted by atomic mass is 19.4. The van der Waals surface area contributed by atoms with E-state index in [2.05, 4.69) is 11.8 Å². The van der Waals surface area contributed by atoms with Crippen LogP contribution in [-0.4, -0.2) is 55.2 Å². The number of hydrogen-bond donors (Lipinski definition) is 1. The van der Waals surface area contributed by atoms with Crippen molar-refractivity contribution in [2.75, 3.05) is 30.1 Å². The lowest BCUT2D eigenvalue weighted by atomic mass is 9.74. The Kier molecular flexibility index (Phi) is 9.01. The van der Waals surface area contributed by atoms with Crippen molar-refractivity contribution in [1.29, 1.82) is 0 Å². The van der Waals surface area contributed by atoms with E-state index >= 15 is 13.2 Å². The Hall–Kier alpha value is -6.57. The molecule has 13 heteroatoms. The van der Waals surface area contributed by atoms with Crippen LogP contribution in [0.25, 0.3) is 0 Å². The van der Waals surface area contributed by atoms with Gasteiger partial charge in [-0.05, 0) is 60.5 Å². The molecule has 1 unspecified atom stereocenters. The monoisotopic (exact) mass is 708 g/mol. The lowest BCUT2D eigenvalue weighted by molar-refractivity contribution is -0.173. The summed E-state index contributed by atoms with van der Waals surface area (Å²) in [6.45, 7) is 0.161. The van der Waals surface area contributed by atoms with E-state index in [0.717, 1.165) is 53.1 Å². The fourth-order valence-electron chi connectivity index (χ4n) is 6.17. The second-order valence-corrected chi connectivity index (χ2v) is 11.8. The van der Waals surface area contributed by atoms with Crippen LogP contribution in [0.2, 0.25) is 0 Å². The largest absolute Gasteiger partial charge is 0.493 e. The molecule has 0 saturated heterocycles. The van der Waals surface area contributed by atoms with Crippen molar-refractivity contribution in [3.63, 3.8) is 0 Å². The molecule has 52 heavy (non-hydrogen) atoms. The van der Waals surface area contributed by atoms with Gasteiger partial charge in [0.15, 0.2) is 11.5 Å². The van der Waals surface area contributed by atoms with Gasteiger partial charge in [0.2, 0.25) is 0 Å². The topological polar surface area (TPSA) is 123 Å². The van der Waals surface area contributed by atoms with Gasteiger partial charge in [-0.2, -0.15) is 13.2 Å². The standard InChI is InChI=1S/C39H27F3N2O8/c1-5-15-51-32-19-25(10-7-22(32)21-45)43-34(46)27-12-8-23(17-29(27)36(43)48)38(3,39(40,41)42)24-9-13-28-30(18-24)37(49)44(35(28)47)26-11-14-31(50-4)33(20-26)52-16-6-2/h1-2,7-14,17-20,45H,15-16,21H2,3-4H3. The van der Waals surface area contributed by atoms with E-state index in [1.807, 2.05) is 0 Å². The highest BCUT2D eigenvalue weighted by molar-refractivity contribution is 6.35. The number of nitrogens with zero attached hydrogens (tertiary/aromatic N) is 2. The zero-order valence-corrected chi connectivity index (χ0v) is 27.5. The molecule has 2 aliphatic heterocycles. The van der Waals surface area contributed by atoms with Crippen LogP contribution < -0.4 is 24.0 Å². The van der Waals surface area contributed by atoms with Crippen LogP contribution in [0.15, 0.2) is 72.8 Å². The van der Waals surface area contributed by atoms with E-state index in [-0.39, 0.29) is 64.1 Å². The van der Waals surface area contributed by atoms with Gasteiger partial charge >= 0.3 is 6.18 Å². The molecule has 4 amide bonds. The maximum Gasteiger partial charge on any atom is 0.402 e. The summed E-state index contributed by atoms with van der Waals surface area (Å²) < 4.78 is 61.9. The normalized spacial score (nSPS) is 14.8. The number of carbonyl (C=O) groups excluding carboxylic acids is 4. The van der Waals surface area contributed by atoms with Crippen molar-refractivity contribution in [1.82, 2.24) is 0 Å². The maximum atomic E-state index is 15.2. The lowest BCUT2D eigenvalue weighted by Crippen LogP contribution is -2.41. The van der Waals surface area contributed by atoms with Crippen molar-refractivity contribution in [3.05, 3.63) is 112 Å². The molecule has 4 aromatic carbocycles. The number of ether oxygens (including phenoxy) is 3. The van der Waals surface area contributed by atoms with Crippen molar-refractivity contribution in [2.45, 2.75) is 25.1 Å². The van der Waals surface area contributed by atoms with Gasteiger partial charge in [-0.3, -0.25) is 19.2 Å². The number of carbonyl (C=O) groups is 4. The molecule has 4 aromatic rings. The first-order valence-corrected chi connectivity index (χ1v) is 15.5. The Bertz CT molecular complexity index is 2120. The number of rotatable bonds is 10. The highest BCUT2D eigenvalue weighted by Gasteiger charge is 2.55. The quantitative estimate of drug-likeness (QED) is 0.165. The summed E-state index contributed by atoms with van der Waals surface area (Å²) >= 11 is 0. The molecule has 2 heterocycles. The molecule has 262 valence electrons. The summed E-state index contributed by atoms with van der Waals surface area (Å²) in [6.07, 6.45) is 5.56. The van der Waals surface area contributed by atoms with Crippen LogP contribution in [0, 0.1) is 24.7 Å². The summed E-state index contributed by atoms with van der Waals surface area (Å²) in [5.74, 6) is 1.80. The molecule has 0 radical (unpaired) electrons. The van der Waals surface area contributed by atoms with E-state index in [0.29, 0.717) is 5.56 Å². The van der Waals surface area contributed by atoms with Gasteiger partial charge in [0.25, 0.3) is 23.6 Å². The van der Waals surface area contributed by atoms with E-state index in [1.165, 1.54) is 43.5 Å². The molecule has 0 aromatic heterocycles. The van der Waals surface area contributed by atoms with E-state index in [9.17, 15) is 24.3 Å². The minimum atomic E-state index is -4.99. The molecular weight excluding hydrogens is 681 g/mol. The molecule has 0 fully saturated rings. The number of benzene rings is 4. The third-order valence-corrected chi connectivity index (χ3v) is 9.00. The van der Waals surface area contributed by atoms with Crippen LogP contribution in [0.1, 0.15) is 65.0 Å². The Morgan fingerprint density at radius 3 is 1.58 bits per heavy atom. The smallest absolute Gasteiger partial charge is 0.402 e. The molecule has 10 nitrogen and oxygen atoms in total. The number of halogens is 3. The number of amides is 4. The Labute approximate surface area is 295 Å². The summed E-state index contributed by atoms with van der Waals surface area (Å²) in [7, 11) is 1.38. The first-order chi connectivity index (χ1) is 24.8. The van der Waals surface area contributed by atoms with Gasteiger partial charge in [-0.1, -0.05) is 30.0 Å². The van der Waals surface area contributed by atoms with E-state index in [1.54, 1.807) is 0 Å². The number of aliphatic hydroxyl groups is 1. The van der Waals surface area contributed by atoms with Gasteiger partial charge in [0, 0.05) is 17.7 Å². The van der Waals surface area contributed by atoms with Crippen molar-refractivity contribution < 1.29 is 51.7 Å². The van der Waals surface area contributed by atoms with Crippen LogP contribution in [0.3, 0.4) is 0 Å². The van der Waals surface area contributed by atoms with E-state index in [4.69, 9.17) is 27.1 Å². The molecule has 1 N–H and O–H groups in total. The Morgan fingerprint density at radius 1 is 0.654 bits per heavy atom. The van der Waals surface area contributed by atoms with E-state index < -0.39 is 53.0 Å². The van der Waals surface area contributed by atoms with Crippen molar-refractivity contribution in [2.24, 2.45) is 0 Å². The lowest BCUT2D eigenvalue weighted by Gasteiger charge is -2.33. The predicted molar refractivity (Wildman–Crippen MR) is 182 cm³/mol. The molecule has 0 aliphatic carbocycles. The summed E-state index contributed by atoms with van der Waals surface area (Å²) in [5.41, 5.74) is -3.95. The molecule has 1 atom stereocenters. The van der Waals surface area contributed by atoms with Gasteiger partial charge in [-0.15, -0.1) is 12.8 Å². The summed E-state index contributed by atoms with van der Waals surface area (Å²) in [4.78, 5) is 55.8. The number of anilines is 2. The molecule has 0 saturated carbocycles. The van der Waals surface area contributed by atoms with Crippen LogP contribution in [0.4, 0.5) is 24.5 Å². The second kappa shape index (κ2) is 13.3. The molecule has 6 rings (SSSR count). The average Bonchev–Trinajstić information content (AvgIpc) is 3.54. The van der Waals surface area contributed by atoms with Crippen LogP contribution in [-0.2, 0) is 12.0 Å². The third-order valence-electron chi connectivity index (χ3n) is 9.00. The first-order valence-electron chi connectivity index (χ1n) is 15.5. The number of imide groups is 2. The Balaban J connectivity index is 1.38. The molecule has 0 bridgehead atoms.